The largest absolute Gasteiger partial charge is 0.466 e. The third kappa shape index (κ3) is 2.94. The molecule has 24 heavy (non-hydrogen) atoms. The van der Waals surface area contributed by atoms with E-state index in [2.05, 4.69) is 5.32 Å². The summed E-state index contributed by atoms with van der Waals surface area (Å²) < 4.78 is 10.1. The van der Waals surface area contributed by atoms with Gasteiger partial charge >= 0.3 is 5.88 Å². The molecule has 9 heteroatoms. The van der Waals surface area contributed by atoms with Gasteiger partial charge in [-0.1, -0.05) is 6.07 Å². The van der Waals surface area contributed by atoms with Crippen LogP contribution in [0, 0.1) is 10.1 Å². The number of hydrogen-bond acceptors (Lipinski definition) is 7. The normalized spacial score (nSPS) is 13.4. The lowest BCUT2D eigenvalue weighted by Gasteiger charge is -2.25. The molecule has 0 aliphatic rings. The molecule has 0 saturated carbocycles. The second-order valence-electron chi connectivity index (χ2n) is 4.89. The zero-order chi connectivity index (χ0) is 17.2. The molecule has 2 N–H and O–H groups in total. The van der Waals surface area contributed by atoms with Gasteiger partial charge in [-0.15, -0.1) is 11.3 Å². The molecule has 124 valence electrons. The van der Waals surface area contributed by atoms with Crippen molar-refractivity contribution in [1.29, 1.82) is 0 Å². The summed E-state index contributed by atoms with van der Waals surface area (Å²) in [6, 6.07) is 9.01. The zero-order valence-corrected chi connectivity index (χ0v) is 13.0. The van der Waals surface area contributed by atoms with Crippen LogP contribution in [0.2, 0.25) is 0 Å². The Kier molecular flexibility index (Phi) is 4.19. The molecule has 0 aromatic carbocycles. The average molecular weight is 348 g/mol. The van der Waals surface area contributed by atoms with Crippen LogP contribution in [0.4, 0.5) is 5.88 Å². The first-order valence-corrected chi connectivity index (χ1v) is 7.71. The SMILES string of the molecule is O=C(NCC(O)(c1ccco1)c1cccs1)c1ccc([N+](=O)[O-])o1. The van der Waals surface area contributed by atoms with Gasteiger partial charge in [0.25, 0.3) is 5.91 Å². The van der Waals surface area contributed by atoms with Crippen molar-refractivity contribution in [2.75, 3.05) is 6.54 Å². The molecular formula is C15H12N2O6S. The quantitative estimate of drug-likeness (QED) is 0.522. The Bertz CT molecular complexity index is 803. The van der Waals surface area contributed by atoms with Crippen LogP contribution in [-0.4, -0.2) is 22.5 Å². The van der Waals surface area contributed by atoms with Gasteiger partial charge in [-0.3, -0.25) is 14.9 Å². The third-order valence-corrected chi connectivity index (χ3v) is 4.38. The fraction of sp³-hybridized carbons (Fsp3) is 0.133. The Morgan fingerprint density at radius 1 is 1.33 bits per heavy atom. The van der Waals surface area contributed by atoms with Crippen LogP contribution < -0.4 is 5.32 Å². The van der Waals surface area contributed by atoms with Gasteiger partial charge in [0, 0.05) is 4.88 Å². The van der Waals surface area contributed by atoms with E-state index in [9.17, 15) is 20.0 Å². The highest BCUT2D eigenvalue weighted by Gasteiger charge is 2.36. The van der Waals surface area contributed by atoms with Gasteiger partial charge < -0.3 is 19.3 Å². The summed E-state index contributed by atoms with van der Waals surface area (Å²) in [5.41, 5.74) is -1.55. The summed E-state index contributed by atoms with van der Waals surface area (Å²) in [7, 11) is 0. The minimum absolute atomic E-state index is 0.186. The van der Waals surface area contributed by atoms with Gasteiger partial charge in [-0.25, -0.2) is 0 Å². The van der Waals surface area contributed by atoms with Crippen molar-refractivity contribution in [1.82, 2.24) is 5.32 Å². The van der Waals surface area contributed by atoms with E-state index in [0.29, 0.717) is 4.88 Å². The predicted octanol–water partition coefficient (Wildman–Crippen LogP) is 2.51. The monoisotopic (exact) mass is 348 g/mol. The highest BCUT2D eigenvalue weighted by molar-refractivity contribution is 7.10. The van der Waals surface area contributed by atoms with Crippen LogP contribution in [0.25, 0.3) is 0 Å². The molecule has 0 spiro atoms. The van der Waals surface area contributed by atoms with Crippen LogP contribution in [0.3, 0.4) is 0 Å². The van der Waals surface area contributed by atoms with Crippen molar-refractivity contribution in [3.63, 3.8) is 0 Å². The van der Waals surface area contributed by atoms with Gasteiger partial charge in [0.2, 0.25) is 0 Å². The van der Waals surface area contributed by atoms with E-state index in [0.717, 1.165) is 6.07 Å². The van der Waals surface area contributed by atoms with E-state index in [1.807, 2.05) is 0 Å². The molecule has 3 rings (SSSR count). The first kappa shape index (κ1) is 16.0. The van der Waals surface area contributed by atoms with Crippen LogP contribution in [-0.2, 0) is 5.60 Å². The van der Waals surface area contributed by atoms with Gasteiger partial charge in [-0.2, -0.15) is 0 Å². The number of nitro groups is 1. The second-order valence-corrected chi connectivity index (χ2v) is 5.84. The molecule has 3 heterocycles. The van der Waals surface area contributed by atoms with Gasteiger partial charge in [0.05, 0.1) is 18.9 Å². The lowest BCUT2D eigenvalue weighted by Crippen LogP contribution is -2.40. The predicted molar refractivity (Wildman–Crippen MR) is 83.7 cm³/mol. The summed E-state index contributed by atoms with van der Waals surface area (Å²) in [5.74, 6) is -1.14. The van der Waals surface area contributed by atoms with Crippen molar-refractivity contribution in [2.45, 2.75) is 5.60 Å². The summed E-state index contributed by atoms with van der Waals surface area (Å²) in [5, 5.41) is 25.9. The highest BCUT2D eigenvalue weighted by Crippen LogP contribution is 2.32. The van der Waals surface area contributed by atoms with E-state index in [-0.39, 0.29) is 18.1 Å². The lowest BCUT2D eigenvalue weighted by molar-refractivity contribution is -0.402. The second kappa shape index (κ2) is 6.30. The maximum absolute atomic E-state index is 12.1. The molecule has 8 nitrogen and oxygen atoms in total. The number of furan rings is 2. The summed E-state index contributed by atoms with van der Waals surface area (Å²) in [6.45, 7) is -0.186. The Morgan fingerprint density at radius 2 is 2.17 bits per heavy atom. The molecule has 3 aromatic heterocycles. The molecule has 0 fully saturated rings. The summed E-state index contributed by atoms with van der Waals surface area (Å²) in [6.07, 6.45) is 1.42. The lowest BCUT2D eigenvalue weighted by atomic mass is 9.98. The van der Waals surface area contributed by atoms with Crippen molar-refractivity contribution in [3.05, 3.63) is 74.6 Å². The first-order chi connectivity index (χ1) is 11.5. The molecule has 0 aliphatic heterocycles. The fourth-order valence-electron chi connectivity index (χ4n) is 2.17. The Labute approximate surface area is 139 Å². The number of thiophene rings is 1. The Morgan fingerprint density at radius 3 is 2.75 bits per heavy atom. The molecule has 1 amide bonds. The number of rotatable bonds is 6. The van der Waals surface area contributed by atoms with Crippen molar-refractivity contribution < 1.29 is 23.7 Å². The molecule has 3 aromatic rings. The number of amides is 1. The van der Waals surface area contributed by atoms with Crippen molar-refractivity contribution in [2.24, 2.45) is 0 Å². The highest BCUT2D eigenvalue weighted by atomic mass is 32.1. The smallest absolute Gasteiger partial charge is 0.433 e. The van der Waals surface area contributed by atoms with Crippen molar-refractivity contribution >= 4 is 23.1 Å². The summed E-state index contributed by atoms with van der Waals surface area (Å²) >= 11 is 1.31. The number of aliphatic hydroxyl groups is 1. The molecular weight excluding hydrogens is 336 g/mol. The van der Waals surface area contributed by atoms with Gasteiger partial charge in [-0.05, 0) is 29.6 Å². The van der Waals surface area contributed by atoms with Crippen LogP contribution >= 0.6 is 11.3 Å². The molecule has 0 aliphatic carbocycles. The molecule has 0 saturated heterocycles. The first-order valence-electron chi connectivity index (χ1n) is 6.83. The third-order valence-electron chi connectivity index (χ3n) is 3.36. The topological polar surface area (TPSA) is 119 Å². The Hall–Kier alpha value is -2.91. The standard InChI is InChI=1S/C15H12N2O6S/c18-14(10-5-6-13(23-10)17(20)21)16-9-15(19,11-3-1-7-22-11)12-4-2-8-24-12/h1-8,19H,9H2,(H,16,18). The molecule has 0 radical (unpaired) electrons. The molecule has 1 atom stereocenters. The minimum Gasteiger partial charge on any atom is -0.466 e. The van der Waals surface area contributed by atoms with Crippen LogP contribution in [0.5, 0.6) is 0 Å². The molecule has 0 bridgehead atoms. The van der Waals surface area contributed by atoms with Crippen LogP contribution in [0.15, 0.2) is 56.9 Å². The molecule has 1 unspecified atom stereocenters. The minimum atomic E-state index is -1.55. The van der Waals surface area contributed by atoms with Gasteiger partial charge in [0.1, 0.15) is 10.7 Å². The average Bonchev–Trinajstić information content (AvgIpc) is 3.34. The number of nitrogens with zero attached hydrogens (tertiary/aromatic N) is 1. The Balaban J connectivity index is 1.79. The maximum Gasteiger partial charge on any atom is 0.433 e. The van der Waals surface area contributed by atoms with Crippen molar-refractivity contribution in [3.8, 4) is 0 Å². The van der Waals surface area contributed by atoms with E-state index < -0.39 is 22.3 Å². The van der Waals surface area contributed by atoms with E-state index >= 15 is 0 Å². The van der Waals surface area contributed by atoms with Crippen LogP contribution in [0.1, 0.15) is 21.2 Å². The van der Waals surface area contributed by atoms with E-state index in [1.165, 1.54) is 23.7 Å². The summed E-state index contributed by atoms with van der Waals surface area (Å²) in [4.78, 5) is 22.5. The number of nitrogens with one attached hydrogen (secondary N) is 1. The number of carbonyl (C=O) groups is 1. The fourth-order valence-corrected chi connectivity index (χ4v) is 3.00. The van der Waals surface area contributed by atoms with E-state index in [4.69, 9.17) is 8.83 Å². The van der Waals surface area contributed by atoms with Gasteiger partial charge in [0.15, 0.2) is 11.4 Å². The maximum atomic E-state index is 12.1. The number of hydrogen-bond donors (Lipinski definition) is 2. The zero-order valence-electron chi connectivity index (χ0n) is 12.2. The number of carbonyl (C=O) groups excluding carboxylic acids is 1. The van der Waals surface area contributed by atoms with E-state index in [1.54, 1.807) is 29.6 Å².